The van der Waals surface area contributed by atoms with Crippen LogP contribution in [-0.2, 0) is 9.53 Å². The Hall–Kier alpha value is -2.53. The summed E-state index contributed by atoms with van der Waals surface area (Å²) >= 11 is 5.10. The first-order valence-corrected chi connectivity index (χ1v) is 6.67. The lowest BCUT2D eigenvalue weighted by molar-refractivity contribution is -0.114. The molecule has 0 radical (unpaired) electrons. The number of rotatable bonds is 3. The number of benzene rings is 2. The smallest absolute Gasteiger partial charge is 0.346 e. The maximum Gasteiger partial charge on any atom is 0.346 e. The molecule has 0 heterocycles. The number of amides is 1. The van der Waals surface area contributed by atoms with Crippen molar-refractivity contribution in [2.24, 2.45) is 0 Å². The Balaban J connectivity index is 2.17. The van der Waals surface area contributed by atoms with Crippen LogP contribution in [0.5, 0.6) is 0 Å². The fraction of sp³-hybridized carbons (Fsp3) is 0.0625. The van der Waals surface area contributed by atoms with E-state index < -0.39 is 5.97 Å². The number of hydrogen-bond donors (Lipinski definition) is 1. The van der Waals surface area contributed by atoms with Crippen LogP contribution in [0.2, 0.25) is 0 Å². The van der Waals surface area contributed by atoms with Crippen LogP contribution in [0.1, 0.15) is 22.8 Å². The molecule has 0 aliphatic heterocycles. The molecule has 2 aromatic rings. The minimum Gasteiger partial charge on any atom is -0.410 e. The topological polar surface area (TPSA) is 55.4 Å². The van der Waals surface area contributed by atoms with E-state index in [9.17, 15) is 9.59 Å². The van der Waals surface area contributed by atoms with Gasteiger partial charge in [0.05, 0.1) is 11.3 Å². The minimum atomic E-state index is -0.604. The molecule has 1 N–H and O–H groups in total. The van der Waals surface area contributed by atoms with Crippen molar-refractivity contribution in [2.75, 3.05) is 5.32 Å². The van der Waals surface area contributed by atoms with E-state index in [-0.39, 0.29) is 16.5 Å². The molecule has 0 aliphatic rings. The first-order chi connectivity index (χ1) is 10.1. The third-order valence-electron chi connectivity index (χ3n) is 2.65. The first-order valence-electron chi connectivity index (χ1n) is 6.26. The van der Waals surface area contributed by atoms with Gasteiger partial charge in [0.1, 0.15) is 0 Å². The molecule has 4 nitrogen and oxygen atoms in total. The second kappa shape index (κ2) is 6.76. The Labute approximate surface area is 127 Å². The number of ether oxygens (including phenoxy) is 1. The molecule has 0 spiro atoms. The zero-order valence-corrected chi connectivity index (χ0v) is 12.1. The molecule has 0 bridgehead atoms. The standard InChI is InChI=1S/C16H13NO3S/c1-11(18)17-14-10-6-5-9-13(14)15(19)20-16(21)12-7-3-2-4-8-12/h2-10H,1H3,(H,17,18). The van der Waals surface area contributed by atoms with E-state index in [1.807, 2.05) is 6.07 Å². The molecular weight excluding hydrogens is 286 g/mol. The maximum atomic E-state index is 12.2. The van der Waals surface area contributed by atoms with Gasteiger partial charge in [-0.2, -0.15) is 0 Å². The summed E-state index contributed by atoms with van der Waals surface area (Å²) in [5, 5.41) is 2.68. The molecule has 0 saturated heterocycles. The molecule has 0 aromatic heterocycles. The minimum absolute atomic E-state index is 0.0956. The van der Waals surface area contributed by atoms with E-state index in [0.29, 0.717) is 11.3 Å². The van der Waals surface area contributed by atoms with E-state index in [1.165, 1.54) is 6.92 Å². The van der Waals surface area contributed by atoms with E-state index in [2.05, 4.69) is 5.32 Å². The Kier molecular flexibility index (Phi) is 4.79. The number of carbonyl (C=O) groups excluding carboxylic acids is 2. The van der Waals surface area contributed by atoms with Crippen LogP contribution in [0.3, 0.4) is 0 Å². The number of anilines is 1. The summed E-state index contributed by atoms with van der Waals surface area (Å²) in [6.45, 7) is 1.37. The fourth-order valence-corrected chi connectivity index (χ4v) is 1.94. The molecule has 2 rings (SSSR count). The normalized spacial score (nSPS) is 9.76. The summed E-state index contributed by atoms with van der Waals surface area (Å²) in [5.74, 6) is -0.867. The zero-order chi connectivity index (χ0) is 15.2. The van der Waals surface area contributed by atoms with Gasteiger partial charge in [-0.15, -0.1) is 0 Å². The van der Waals surface area contributed by atoms with Gasteiger partial charge in [-0.1, -0.05) is 42.5 Å². The van der Waals surface area contributed by atoms with Gasteiger partial charge in [-0.05, 0) is 24.4 Å². The van der Waals surface area contributed by atoms with Gasteiger partial charge in [-0.3, -0.25) is 4.79 Å². The Bertz CT molecular complexity index is 683. The van der Waals surface area contributed by atoms with Gasteiger partial charge < -0.3 is 10.1 Å². The SMILES string of the molecule is CC(=O)Nc1ccccc1C(=O)OC(=S)c1ccccc1. The van der Waals surface area contributed by atoms with Gasteiger partial charge in [-0.25, -0.2) is 4.79 Å². The number of carbonyl (C=O) groups is 2. The highest BCUT2D eigenvalue weighted by atomic mass is 32.1. The average molecular weight is 299 g/mol. The van der Waals surface area contributed by atoms with Gasteiger partial charge in [0, 0.05) is 12.5 Å². The van der Waals surface area contributed by atoms with Crippen molar-refractivity contribution in [3.8, 4) is 0 Å². The maximum absolute atomic E-state index is 12.2. The van der Waals surface area contributed by atoms with Crippen molar-refractivity contribution in [2.45, 2.75) is 6.92 Å². The lowest BCUT2D eigenvalue weighted by Crippen LogP contribution is -2.15. The van der Waals surface area contributed by atoms with Crippen LogP contribution in [0, 0.1) is 0 Å². The first kappa shape index (κ1) is 14.9. The summed E-state index contributed by atoms with van der Waals surface area (Å²) in [5.41, 5.74) is 1.30. The lowest BCUT2D eigenvalue weighted by Gasteiger charge is -2.10. The van der Waals surface area contributed by atoms with Crippen LogP contribution < -0.4 is 5.32 Å². The van der Waals surface area contributed by atoms with Crippen LogP contribution in [0.4, 0.5) is 5.69 Å². The van der Waals surface area contributed by atoms with Crippen LogP contribution in [0.15, 0.2) is 54.6 Å². The highest BCUT2D eigenvalue weighted by Gasteiger charge is 2.16. The second-order valence-electron chi connectivity index (χ2n) is 4.27. The fourth-order valence-electron chi connectivity index (χ4n) is 1.73. The number of thiocarbonyl (C=S) groups is 1. The predicted molar refractivity (Wildman–Crippen MR) is 84.3 cm³/mol. The molecule has 2 aromatic carbocycles. The van der Waals surface area contributed by atoms with Gasteiger partial charge in [0.15, 0.2) is 0 Å². The number of esters is 1. The quantitative estimate of drug-likeness (QED) is 0.698. The molecule has 0 unspecified atom stereocenters. The molecule has 0 saturated carbocycles. The summed E-state index contributed by atoms with van der Waals surface area (Å²) < 4.78 is 5.19. The summed E-state index contributed by atoms with van der Waals surface area (Å²) in [7, 11) is 0. The Morgan fingerprint density at radius 3 is 2.29 bits per heavy atom. The molecule has 0 fully saturated rings. The molecule has 1 amide bonds. The van der Waals surface area contributed by atoms with Crippen molar-refractivity contribution in [3.05, 3.63) is 65.7 Å². The van der Waals surface area contributed by atoms with Crippen molar-refractivity contribution in [1.29, 1.82) is 0 Å². The van der Waals surface area contributed by atoms with Gasteiger partial charge in [0.25, 0.3) is 0 Å². The van der Waals surface area contributed by atoms with Gasteiger partial charge >= 0.3 is 5.97 Å². The monoisotopic (exact) mass is 299 g/mol. The zero-order valence-electron chi connectivity index (χ0n) is 11.3. The largest absolute Gasteiger partial charge is 0.410 e. The summed E-state index contributed by atoms with van der Waals surface area (Å²) in [4.78, 5) is 23.3. The number of para-hydroxylation sites is 1. The summed E-state index contributed by atoms with van der Waals surface area (Å²) in [6, 6.07) is 15.6. The van der Waals surface area contributed by atoms with E-state index in [4.69, 9.17) is 17.0 Å². The average Bonchev–Trinajstić information content (AvgIpc) is 2.48. The lowest BCUT2D eigenvalue weighted by atomic mass is 10.1. The van der Waals surface area contributed by atoms with Crippen molar-refractivity contribution in [1.82, 2.24) is 0 Å². The van der Waals surface area contributed by atoms with Crippen LogP contribution >= 0.6 is 12.2 Å². The van der Waals surface area contributed by atoms with E-state index in [0.717, 1.165) is 0 Å². The van der Waals surface area contributed by atoms with Crippen LogP contribution in [-0.4, -0.2) is 16.9 Å². The van der Waals surface area contributed by atoms with Crippen LogP contribution in [0.25, 0.3) is 0 Å². The molecule has 0 aliphatic carbocycles. The number of nitrogens with one attached hydrogen (secondary N) is 1. The third kappa shape index (κ3) is 3.97. The second-order valence-corrected chi connectivity index (χ2v) is 4.64. The van der Waals surface area contributed by atoms with Crippen molar-refractivity contribution >= 4 is 34.8 Å². The highest BCUT2D eigenvalue weighted by molar-refractivity contribution is 7.80. The van der Waals surface area contributed by atoms with Crippen molar-refractivity contribution < 1.29 is 14.3 Å². The Morgan fingerprint density at radius 2 is 1.62 bits per heavy atom. The molecule has 0 atom stereocenters. The highest BCUT2D eigenvalue weighted by Crippen LogP contribution is 2.17. The number of hydrogen-bond acceptors (Lipinski definition) is 4. The molecular formula is C16H13NO3S. The summed E-state index contributed by atoms with van der Waals surface area (Å²) in [6.07, 6.45) is 0. The van der Waals surface area contributed by atoms with Gasteiger partial charge in [0.2, 0.25) is 11.0 Å². The van der Waals surface area contributed by atoms with E-state index in [1.54, 1.807) is 48.5 Å². The van der Waals surface area contributed by atoms with E-state index >= 15 is 0 Å². The Morgan fingerprint density at radius 1 is 1.00 bits per heavy atom. The van der Waals surface area contributed by atoms with Crippen molar-refractivity contribution in [3.63, 3.8) is 0 Å². The predicted octanol–water partition coefficient (Wildman–Crippen LogP) is 3.18. The molecule has 5 heteroatoms. The molecule has 106 valence electrons. The third-order valence-corrected chi connectivity index (χ3v) is 2.97. The molecule has 21 heavy (non-hydrogen) atoms.